The minimum atomic E-state index is -0.609. The Morgan fingerprint density at radius 2 is 2.00 bits per heavy atom. The molecule has 0 unspecified atom stereocenters. The highest BCUT2D eigenvalue weighted by Gasteiger charge is 2.15. The molecule has 6 nitrogen and oxygen atoms in total. The van der Waals surface area contributed by atoms with Crippen molar-refractivity contribution < 1.29 is 23.8 Å². The lowest BCUT2D eigenvalue weighted by Gasteiger charge is -2.19. The Hall–Kier alpha value is -2.76. The second kappa shape index (κ2) is 8.92. The lowest BCUT2D eigenvalue weighted by molar-refractivity contribution is -0.138. The van der Waals surface area contributed by atoms with E-state index in [9.17, 15) is 9.59 Å². The molecule has 0 aliphatic heterocycles. The van der Waals surface area contributed by atoms with E-state index >= 15 is 0 Å². The van der Waals surface area contributed by atoms with Crippen molar-refractivity contribution in [2.24, 2.45) is 0 Å². The number of carbonyl (C=O) groups excluding carboxylic acids is 2. The van der Waals surface area contributed by atoms with Crippen LogP contribution in [0.1, 0.15) is 24.0 Å². The number of allylic oxidation sites excluding steroid dienone is 1. The Kier molecular flexibility index (Phi) is 6.62. The zero-order valence-corrected chi connectivity index (χ0v) is 14.8. The van der Waals surface area contributed by atoms with Crippen LogP contribution in [0.5, 0.6) is 5.75 Å². The molecular weight excluding hydrogens is 322 g/mol. The number of nitrogens with one attached hydrogen (secondary N) is 1. The van der Waals surface area contributed by atoms with E-state index in [-0.39, 0.29) is 5.70 Å². The first-order valence-corrected chi connectivity index (χ1v) is 8.07. The third-order valence-electron chi connectivity index (χ3n) is 4.04. The van der Waals surface area contributed by atoms with Crippen molar-refractivity contribution in [2.45, 2.75) is 19.3 Å². The molecule has 0 spiro atoms. The molecule has 1 aliphatic rings. The average molecular weight is 345 g/mol. The van der Waals surface area contributed by atoms with Crippen LogP contribution < -0.4 is 10.1 Å². The zero-order valence-electron chi connectivity index (χ0n) is 14.8. The molecule has 0 atom stereocenters. The van der Waals surface area contributed by atoms with E-state index < -0.39 is 11.9 Å². The highest BCUT2D eigenvalue weighted by atomic mass is 16.5. The first kappa shape index (κ1) is 18.6. The molecule has 0 bridgehead atoms. The molecule has 25 heavy (non-hydrogen) atoms. The quantitative estimate of drug-likeness (QED) is 0.603. The van der Waals surface area contributed by atoms with Gasteiger partial charge in [-0.05, 0) is 48.1 Å². The molecule has 1 aliphatic carbocycles. The Labute approximate surface area is 147 Å². The maximum atomic E-state index is 11.7. The molecule has 2 rings (SSSR count). The number of rotatable bonds is 7. The summed E-state index contributed by atoms with van der Waals surface area (Å²) < 4.78 is 14.5. The van der Waals surface area contributed by atoms with Crippen LogP contribution >= 0.6 is 0 Å². The summed E-state index contributed by atoms with van der Waals surface area (Å²) in [5, 5.41) is 2.96. The molecule has 0 saturated carbocycles. The van der Waals surface area contributed by atoms with Crippen molar-refractivity contribution in [3.8, 4) is 5.75 Å². The summed E-state index contributed by atoms with van der Waals surface area (Å²) in [6.07, 6.45) is 5.98. The smallest absolute Gasteiger partial charge is 0.354 e. The molecule has 6 heteroatoms. The van der Waals surface area contributed by atoms with Gasteiger partial charge in [0.2, 0.25) is 0 Å². The Morgan fingerprint density at radius 3 is 2.68 bits per heavy atom. The molecule has 0 heterocycles. The fourth-order valence-electron chi connectivity index (χ4n) is 2.77. The van der Waals surface area contributed by atoms with E-state index in [0.717, 1.165) is 31.1 Å². The monoisotopic (exact) mass is 345 g/mol. The Bertz CT molecular complexity index is 706. The fourth-order valence-corrected chi connectivity index (χ4v) is 2.77. The molecule has 0 amide bonds. The zero-order chi connectivity index (χ0) is 18.2. The van der Waals surface area contributed by atoms with E-state index in [4.69, 9.17) is 4.74 Å². The highest BCUT2D eigenvalue weighted by Crippen LogP contribution is 2.31. The number of benzene rings is 1. The van der Waals surface area contributed by atoms with Crippen LogP contribution in [0.3, 0.4) is 0 Å². The summed E-state index contributed by atoms with van der Waals surface area (Å²) in [5.74, 6) is -0.359. The Balaban J connectivity index is 2.04. The van der Waals surface area contributed by atoms with Crippen LogP contribution in [0, 0.1) is 0 Å². The van der Waals surface area contributed by atoms with Crippen molar-refractivity contribution in [2.75, 3.05) is 27.9 Å². The fraction of sp³-hybridized carbons (Fsp3) is 0.368. The second-order valence-corrected chi connectivity index (χ2v) is 5.54. The minimum Gasteiger partial charge on any atom is -0.497 e. The molecule has 0 saturated heterocycles. The normalized spacial score (nSPS) is 13.4. The van der Waals surface area contributed by atoms with E-state index in [1.165, 1.54) is 30.9 Å². The van der Waals surface area contributed by atoms with Crippen LogP contribution in [-0.4, -0.2) is 39.8 Å². The number of carbonyl (C=O) groups is 2. The molecule has 134 valence electrons. The van der Waals surface area contributed by atoms with Gasteiger partial charge < -0.3 is 19.5 Å². The van der Waals surface area contributed by atoms with Crippen molar-refractivity contribution >= 4 is 17.5 Å². The van der Waals surface area contributed by atoms with Crippen molar-refractivity contribution in [3.05, 3.63) is 47.2 Å². The second-order valence-electron chi connectivity index (χ2n) is 5.54. The highest BCUT2D eigenvalue weighted by molar-refractivity contribution is 5.95. The van der Waals surface area contributed by atoms with Gasteiger partial charge in [0.15, 0.2) is 0 Å². The lowest BCUT2D eigenvalue weighted by Crippen LogP contribution is -2.24. The summed E-state index contributed by atoms with van der Waals surface area (Å²) in [6.45, 7) is 0.495. The largest absolute Gasteiger partial charge is 0.497 e. The van der Waals surface area contributed by atoms with Crippen molar-refractivity contribution in [3.63, 3.8) is 0 Å². The van der Waals surface area contributed by atoms with Gasteiger partial charge in [0, 0.05) is 6.54 Å². The maximum Gasteiger partial charge on any atom is 0.354 e. The average Bonchev–Trinajstić information content (AvgIpc) is 2.65. The Morgan fingerprint density at radius 1 is 1.20 bits per heavy atom. The lowest BCUT2D eigenvalue weighted by atomic mass is 9.89. The first-order chi connectivity index (χ1) is 12.1. The van der Waals surface area contributed by atoms with Crippen LogP contribution in [0.15, 0.2) is 36.0 Å². The SMILES string of the molecule is COC(=O)/C=C(\NCCC1=CCCc2cc(OC)ccc21)C(=O)OC. The van der Waals surface area contributed by atoms with Gasteiger partial charge in [0.25, 0.3) is 0 Å². The van der Waals surface area contributed by atoms with Gasteiger partial charge in [-0.1, -0.05) is 12.1 Å². The van der Waals surface area contributed by atoms with Crippen LogP contribution in [0.2, 0.25) is 0 Å². The number of ether oxygens (including phenoxy) is 3. The van der Waals surface area contributed by atoms with Gasteiger partial charge in [0.05, 0.1) is 27.4 Å². The van der Waals surface area contributed by atoms with E-state index in [2.05, 4.69) is 33.0 Å². The third kappa shape index (κ3) is 4.86. The van der Waals surface area contributed by atoms with Gasteiger partial charge in [-0.15, -0.1) is 0 Å². The number of aryl methyl sites for hydroxylation is 1. The molecule has 1 N–H and O–H groups in total. The van der Waals surface area contributed by atoms with Gasteiger partial charge in [-0.3, -0.25) is 0 Å². The van der Waals surface area contributed by atoms with Crippen LogP contribution in [0.4, 0.5) is 0 Å². The third-order valence-corrected chi connectivity index (χ3v) is 4.04. The van der Waals surface area contributed by atoms with E-state index in [1.807, 2.05) is 6.07 Å². The summed E-state index contributed by atoms with van der Waals surface area (Å²) in [4.78, 5) is 23.1. The molecule has 0 aromatic heterocycles. The van der Waals surface area contributed by atoms with Gasteiger partial charge in [0.1, 0.15) is 11.4 Å². The summed E-state index contributed by atoms with van der Waals surface area (Å²) in [6, 6.07) is 6.07. The van der Waals surface area contributed by atoms with E-state index in [1.54, 1.807) is 7.11 Å². The molecular formula is C19H23NO5. The van der Waals surface area contributed by atoms with Gasteiger partial charge in [-0.2, -0.15) is 0 Å². The number of fused-ring (bicyclic) bond motifs is 1. The minimum absolute atomic E-state index is 0.0840. The molecule has 1 aromatic rings. The number of hydrogen-bond acceptors (Lipinski definition) is 6. The molecule has 0 fully saturated rings. The molecule has 0 radical (unpaired) electrons. The van der Waals surface area contributed by atoms with Crippen LogP contribution in [-0.2, 0) is 25.5 Å². The standard InChI is InChI=1S/C19H23NO5/c1-23-15-7-8-16-13(5-4-6-14(16)11-15)9-10-20-17(19(22)25-3)12-18(21)24-2/h5,7-8,11-12,20H,4,6,9-10H2,1-3H3/b17-12-. The maximum absolute atomic E-state index is 11.7. The summed E-state index contributed by atoms with van der Waals surface area (Å²) in [5.41, 5.74) is 3.75. The topological polar surface area (TPSA) is 73.9 Å². The number of esters is 2. The predicted octanol–water partition coefficient (Wildman–Crippen LogP) is 2.23. The number of methoxy groups -OCH3 is 3. The predicted molar refractivity (Wildman–Crippen MR) is 94.0 cm³/mol. The van der Waals surface area contributed by atoms with E-state index in [0.29, 0.717) is 6.54 Å². The van der Waals surface area contributed by atoms with Crippen molar-refractivity contribution in [1.29, 1.82) is 0 Å². The first-order valence-electron chi connectivity index (χ1n) is 8.07. The van der Waals surface area contributed by atoms with Gasteiger partial charge in [-0.25, -0.2) is 9.59 Å². The summed E-state index contributed by atoms with van der Waals surface area (Å²) >= 11 is 0. The van der Waals surface area contributed by atoms with Crippen molar-refractivity contribution in [1.82, 2.24) is 5.32 Å². The van der Waals surface area contributed by atoms with Crippen LogP contribution in [0.25, 0.3) is 5.57 Å². The van der Waals surface area contributed by atoms with Gasteiger partial charge >= 0.3 is 11.9 Å². The summed E-state index contributed by atoms with van der Waals surface area (Å²) in [7, 11) is 4.18. The number of hydrogen-bond donors (Lipinski definition) is 1. The molecule has 1 aromatic carbocycles.